The smallest absolute Gasteiger partial charge is 0.306 e. The summed E-state index contributed by atoms with van der Waals surface area (Å²) in [5.74, 6) is -0.143. The van der Waals surface area contributed by atoms with Gasteiger partial charge >= 0.3 is 5.97 Å². The summed E-state index contributed by atoms with van der Waals surface area (Å²) in [6.07, 6.45) is 0.383. The number of carbonyl (C=O) groups excluding carboxylic acids is 1. The van der Waals surface area contributed by atoms with E-state index in [1.165, 1.54) is 0 Å². The molecule has 8 nitrogen and oxygen atoms in total. The number of esters is 1. The number of nitrogens with zero attached hydrogens (tertiary/aromatic N) is 2. The number of H-pyrrole nitrogens is 1. The van der Waals surface area contributed by atoms with Crippen LogP contribution in [0.15, 0.2) is 40.1 Å². The Hall–Kier alpha value is -3.16. The lowest BCUT2D eigenvalue weighted by atomic mass is 10.1. The van der Waals surface area contributed by atoms with Crippen molar-refractivity contribution in [3.63, 3.8) is 0 Å². The minimum Gasteiger partial charge on any atom is -0.466 e. The Bertz CT molecular complexity index is 815. The van der Waals surface area contributed by atoms with Gasteiger partial charge in [-0.3, -0.25) is 14.6 Å². The molecule has 25 heavy (non-hydrogen) atoms. The van der Waals surface area contributed by atoms with Crippen molar-refractivity contribution in [2.45, 2.75) is 26.7 Å². The molecule has 2 aromatic rings. The number of benzene rings is 1. The molecule has 4 N–H and O–H groups in total. The van der Waals surface area contributed by atoms with Crippen LogP contribution in [0.2, 0.25) is 0 Å². The van der Waals surface area contributed by atoms with Crippen molar-refractivity contribution in [1.82, 2.24) is 9.97 Å². The monoisotopic (exact) mass is 343 g/mol. The minimum absolute atomic E-state index is 0.100. The van der Waals surface area contributed by atoms with E-state index >= 15 is 0 Å². The van der Waals surface area contributed by atoms with Crippen LogP contribution in [0.1, 0.15) is 24.6 Å². The number of guanidine groups is 1. The van der Waals surface area contributed by atoms with Gasteiger partial charge in [-0.2, -0.15) is 4.99 Å². The lowest BCUT2D eigenvalue weighted by Crippen LogP contribution is -2.23. The Morgan fingerprint density at radius 3 is 2.72 bits per heavy atom. The molecule has 0 unspecified atom stereocenters. The number of nitrogens with two attached hydrogens (primary N) is 1. The molecule has 2 rings (SSSR count). The predicted octanol–water partition coefficient (Wildman–Crippen LogP) is 1.63. The molecule has 1 aromatic heterocycles. The second kappa shape index (κ2) is 8.62. The number of anilines is 1. The Morgan fingerprint density at radius 2 is 2.08 bits per heavy atom. The Kier molecular flexibility index (Phi) is 6.27. The van der Waals surface area contributed by atoms with Gasteiger partial charge in [0.05, 0.1) is 12.3 Å². The van der Waals surface area contributed by atoms with Gasteiger partial charge in [-0.15, -0.1) is 0 Å². The molecule has 0 spiro atoms. The van der Waals surface area contributed by atoms with Gasteiger partial charge in [0.25, 0.3) is 5.56 Å². The number of carbonyl (C=O) groups is 1. The molecule has 0 radical (unpaired) electrons. The van der Waals surface area contributed by atoms with Crippen molar-refractivity contribution in [2.24, 2.45) is 10.7 Å². The maximum atomic E-state index is 12.2. The van der Waals surface area contributed by atoms with Crippen LogP contribution >= 0.6 is 0 Å². The fourth-order valence-electron chi connectivity index (χ4n) is 2.21. The number of hydrogen-bond acceptors (Lipinski definition) is 5. The van der Waals surface area contributed by atoms with Crippen LogP contribution in [0.4, 0.5) is 11.6 Å². The third kappa shape index (κ3) is 5.45. The molecule has 0 atom stereocenters. The fraction of sp³-hybridized carbons (Fsp3) is 0.294. The number of aromatic amines is 1. The maximum Gasteiger partial charge on any atom is 0.306 e. The SMILES string of the molecule is CCOC(=O)CCc1c(C)nc(/N=C(\N)Nc2ccccc2)[nH]c1=O. The molecule has 0 saturated carbocycles. The largest absolute Gasteiger partial charge is 0.466 e. The first-order valence-corrected chi connectivity index (χ1v) is 7.91. The molecular weight excluding hydrogens is 322 g/mol. The minimum atomic E-state index is -0.347. The summed E-state index contributed by atoms with van der Waals surface area (Å²) in [5.41, 5.74) is 7.18. The van der Waals surface area contributed by atoms with Gasteiger partial charge < -0.3 is 15.8 Å². The summed E-state index contributed by atoms with van der Waals surface area (Å²) in [6.45, 7) is 3.74. The van der Waals surface area contributed by atoms with Crippen LogP contribution in [0, 0.1) is 6.92 Å². The van der Waals surface area contributed by atoms with Crippen molar-refractivity contribution in [3.8, 4) is 0 Å². The summed E-state index contributed by atoms with van der Waals surface area (Å²) < 4.78 is 4.86. The average molecular weight is 343 g/mol. The summed E-state index contributed by atoms with van der Waals surface area (Å²) >= 11 is 0. The number of hydrogen-bond donors (Lipinski definition) is 3. The zero-order valence-electron chi connectivity index (χ0n) is 14.2. The predicted molar refractivity (Wildman–Crippen MR) is 95.9 cm³/mol. The van der Waals surface area contributed by atoms with Crippen molar-refractivity contribution in [2.75, 3.05) is 11.9 Å². The van der Waals surface area contributed by atoms with Crippen LogP contribution in [0.3, 0.4) is 0 Å². The molecule has 0 aliphatic carbocycles. The lowest BCUT2D eigenvalue weighted by molar-refractivity contribution is -0.143. The standard InChI is InChI=1S/C17H21N5O3/c1-3-25-14(23)10-9-13-11(2)19-17(21-15(13)24)22-16(18)20-12-7-5-4-6-8-12/h4-8H,3,9-10H2,1-2H3,(H4,18,19,20,21,22,24). The fourth-order valence-corrected chi connectivity index (χ4v) is 2.21. The molecule has 132 valence electrons. The van der Waals surface area contributed by atoms with E-state index in [2.05, 4.69) is 20.3 Å². The quantitative estimate of drug-likeness (QED) is 0.416. The van der Waals surface area contributed by atoms with Crippen molar-refractivity contribution in [3.05, 3.63) is 51.9 Å². The number of ether oxygens (including phenoxy) is 1. The van der Waals surface area contributed by atoms with Gasteiger partial charge in [0.2, 0.25) is 11.9 Å². The summed E-state index contributed by atoms with van der Waals surface area (Å²) in [4.78, 5) is 34.5. The van der Waals surface area contributed by atoms with Crippen molar-refractivity contribution in [1.29, 1.82) is 0 Å². The summed E-state index contributed by atoms with van der Waals surface area (Å²) in [5, 5.41) is 2.90. The van der Waals surface area contributed by atoms with Crippen molar-refractivity contribution < 1.29 is 9.53 Å². The normalized spacial score (nSPS) is 11.2. The van der Waals surface area contributed by atoms with Crippen LogP contribution in [-0.2, 0) is 16.0 Å². The van der Waals surface area contributed by atoms with E-state index in [-0.39, 0.29) is 36.3 Å². The van der Waals surface area contributed by atoms with Crippen LogP contribution in [0.25, 0.3) is 0 Å². The zero-order chi connectivity index (χ0) is 18.2. The number of para-hydroxylation sites is 1. The van der Waals surface area contributed by atoms with E-state index in [0.29, 0.717) is 17.9 Å². The van der Waals surface area contributed by atoms with Crippen molar-refractivity contribution >= 4 is 23.6 Å². The van der Waals surface area contributed by atoms with Crippen LogP contribution < -0.4 is 16.6 Å². The first-order valence-electron chi connectivity index (χ1n) is 7.91. The molecule has 0 saturated heterocycles. The number of nitrogens with one attached hydrogen (secondary N) is 2. The highest BCUT2D eigenvalue weighted by molar-refractivity contribution is 5.93. The van der Waals surface area contributed by atoms with Gasteiger partial charge in [-0.25, -0.2) is 4.98 Å². The van der Waals surface area contributed by atoms with E-state index in [9.17, 15) is 9.59 Å². The average Bonchev–Trinajstić information content (AvgIpc) is 2.55. The Labute approximate surface area is 145 Å². The Morgan fingerprint density at radius 1 is 1.36 bits per heavy atom. The van der Waals surface area contributed by atoms with Crippen LogP contribution in [-0.4, -0.2) is 28.5 Å². The molecule has 1 heterocycles. The maximum absolute atomic E-state index is 12.2. The lowest BCUT2D eigenvalue weighted by Gasteiger charge is -2.07. The number of rotatable bonds is 6. The van der Waals surface area contributed by atoms with Gasteiger partial charge in [0, 0.05) is 17.7 Å². The summed E-state index contributed by atoms with van der Waals surface area (Å²) in [7, 11) is 0. The molecule has 0 aliphatic heterocycles. The molecule has 0 amide bonds. The number of aryl methyl sites for hydroxylation is 1. The molecule has 1 aromatic carbocycles. The zero-order valence-corrected chi connectivity index (χ0v) is 14.2. The number of aromatic nitrogens is 2. The second-order valence-corrected chi connectivity index (χ2v) is 5.25. The third-order valence-electron chi connectivity index (χ3n) is 3.37. The van der Waals surface area contributed by atoms with Gasteiger partial charge in [0.15, 0.2) is 0 Å². The van der Waals surface area contributed by atoms with Gasteiger partial charge in [-0.05, 0) is 32.4 Å². The highest BCUT2D eigenvalue weighted by atomic mass is 16.5. The Balaban J connectivity index is 2.11. The van der Waals surface area contributed by atoms with Crippen LogP contribution in [0.5, 0.6) is 0 Å². The van der Waals surface area contributed by atoms with E-state index < -0.39 is 0 Å². The molecule has 0 bridgehead atoms. The third-order valence-corrected chi connectivity index (χ3v) is 3.37. The highest BCUT2D eigenvalue weighted by Crippen LogP contribution is 2.09. The molecule has 8 heteroatoms. The van der Waals surface area contributed by atoms with E-state index in [1.54, 1.807) is 13.8 Å². The number of aliphatic imine (C=N–C) groups is 1. The second-order valence-electron chi connectivity index (χ2n) is 5.25. The van der Waals surface area contributed by atoms with E-state index in [0.717, 1.165) is 5.69 Å². The summed E-state index contributed by atoms with van der Waals surface area (Å²) in [6, 6.07) is 9.27. The van der Waals surface area contributed by atoms with Gasteiger partial charge in [0.1, 0.15) is 0 Å². The topological polar surface area (TPSA) is 122 Å². The van der Waals surface area contributed by atoms with E-state index in [4.69, 9.17) is 10.5 Å². The highest BCUT2D eigenvalue weighted by Gasteiger charge is 2.11. The van der Waals surface area contributed by atoms with Gasteiger partial charge in [-0.1, -0.05) is 18.2 Å². The molecule has 0 fully saturated rings. The van der Waals surface area contributed by atoms with E-state index in [1.807, 2.05) is 30.3 Å². The first kappa shape index (κ1) is 18.2. The first-order chi connectivity index (χ1) is 12.0. The molecule has 0 aliphatic rings. The molecular formula is C17H21N5O3.